The summed E-state index contributed by atoms with van der Waals surface area (Å²) in [4.78, 5) is 4.35. The van der Waals surface area contributed by atoms with Crippen molar-refractivity contribution in [2.24, 2.45) is 4.99 Å². The molecule has 1 aromatic rings. The third-order valence-corrected chi connectivity index (χ3v) is 1.82. The Balaban J connectivity index is 2.27. The van der Waals surface area contributed by atoms with E-state index in [2.05, 4.69) is 11.9 Å². The number of benzene rings is 1. The van der Waals surface area contributed by atoms with E-state index >= 15 is 0 Å². The number of aliphatic imine (C=N–C) groups is 1. The minimum Gasteiger partial charge on any atom is -0.475 e. The number of hydrogen-bond acceptors (Lipinski definition) is 2. The summed E-state index contributed by atoms with van der Waals surface area (Å²) in [7, 11) is 0. The number of ether oxygens (including phenoxy) is 1. The highest BCUT2D eigenvalue weighted by molar-refractivity contribution is 5.95. The predicted molar refractivity (Wildman–Crippen MR) is 48.4 cm³/mol. The molecule has 0 radical (unpaired) electrons. The van der Waals surface area contributed by atoms with E-state index in [-0.39, 0.29) is 0 Å². The molecule has 1 aromatic carbocycles. The summed E-state index contributed by atoms with van der Waals surface area (Å²) in [6.45, 7) is 2.76. The maximum atomic E-state index is 5.40. The van der Waals surface area contributed by atoms with Gasteiger partial charge in [0.25, 0.3) is 0 Å². The van der Waals surface area contributed by atoms with E-state index in [0.29, 0.717) is 12.6 Å². The lowest BCUT2D eigenvalue weighted by Gasteiger charge is -1.98. The second-order valence-corrected chi connectivity index (χ2v) is 2.96. The van der Waals surface area contributed by atoms with Gasteiger partial charge in [0, 0.05) is 5.56 Å². The van der Waals surface area contributed by atoms with Gasteiger partial charge in [-0.15, -0.1) is 0 Å². The van der Waals surface area contributed by atoms with Crippen LogP contribution in [0.4, 0.5) is 0 Å². The molecule has 1 heterocycles. The Morgan fingerprint density at radius 1 is 1.33 bits per heavy atom. The largest absolute Gasteiger partial charge is 0.475 e. The second kappa shape index (κ2) is 2.97. The quantitative estimate of drug-likeness (QED) is 0.616. The van der Waals surface area contributed by atoms with Gasteiger partial charge in [-0.05, 0) is 19.1 Å². The van der Waals surface area contributed by atoms with Gasteiger partial charge in [-0.25, -0.2) is 4.99 Å². The van der Waals surface area contributed by atoms with Crippen LogP contribution in [0.5, 0.6) is 0 Å². The first kappa shape index (κ1) is 7.35. The minimum atomic E-state index is 0.306. The van der Waals surface area contributed by atoms with E-state index in [1.807, 2.05) is 30.3 Å². The molecule has 1 aliphatic rings. The van der Waals surface area contributed by atoms with Crippen molar-refractivity contribution in [2.75, 3.05) is 6.61 Å². The Kier molecular flexibility index (Phi) is 1.82. The lowest BCUT2D eigenvalue weighted by Crippen LogP contribution is -2.01. The van der Waals surface area contributed by atoms with Crippen molar-refractivity contribution in [3.63, 3.8) is 0 Å². The van der Waals surface area contributed by atoms with Crippen molar-refractivity contribution in [1.82, 2.24) is 0 Å². The molecular formula is C10H11NO. The maximum absolute atomic E-state index is 5.40. The Labute approximate surface area is 71.9 Å². The number of hydrogen-bond donors (Lipinski definition) is 0. The zero-order valence-corrected chi connectivity index (χ0v) is 7.03. The third kappa shape index (κ3) is 1.33. The molecule has 2 heteroatoms. The van der Waals surface area contributed by atoms with E-state index in [9.17, 15) is 0 Å². The van der Waals surface area contributed by atoms with E-state index in [1.54, 1.807) is 0 Å². The SMILES string of the molecule is C[C@@H]1COC(c2ccccc2)=N1. The molecule has 0 saturated heterocycles. The molecule has 0 bridgehead atoms. The zero-order chi connectivity index (χ0) is 8.39. The van der Waals surface area contributed by atoms with Gasteiger partial charge in [0.1, 0.15) is 6.61 Å². The number of nitrogens with zero attached hydrogens (tertiary/aromatic N) is 1. The van der Waals surface area contributed by atoms with Crippen molar-refractivity contribution in [3.05, 3.63) is 35.9 Å². The summed E-state index contributed by atoms with van der Waals surface area (Å²) < 4.78 is 5.40. The van der Waals surface area contributed by atoms with Gasteiger partial charge < -0.3 is 4.74 Å². The van der Waals surface area contributed by atoms with Crippen molar-refractivity contribution in [1.29, 1.82) is 0 Å². The van der Waals surface area contributed by atoms with Crippen molar-refractivity contribution < 1.29 is 4.74 Å². The van der Waals surface area contributed by atoms with Crippen molar-refractivity contribution in [2.45, 2.75) is 13.0 Å². The van der Waals surface area contributed by atoms with Crippen LogP contribution in [0.25, 0.3) is 0 Å². The first-order valence-electron chi connectivity index (χ1n) is 4.12. The van der Waals surface area contributed by atoms with Crippen LogP contribution in [0.1, 0.15) is 12.5 Å². The Morgan fingerprint density at radius 2 is 2.08 bits per heavy atom. The van der Waals surface area contributed by atoms with Crippen LogP contribution < -0.4 is 0 Å². The van der Waals surface area contributed by atoms with Crippen LogP contribution >= 0.6 is 0 Å². The lowest BCUT2D eigenvalue weighted by molar-refractivity contribution is 0.324. The van der Waals surface area contributed by atoms with Crippen LogP contribution in [-0.2, 0) is 4.74 Å². The molecule has 2 nitrogen and oxygen atoms in total. The molecule has 2 rings (SSSR count). The summed E-state index contributed by atoms with van der Waals surface area (Å²) >= 11 is 0. The fraction of sp³-hybridized carbons (Fsp3) is 0.300. The van der Waals surface area contributed by atoms with Gasteiger partial charge in [-0.3, -0.25) is 0 Å². The molecular weight excluding hydrogens is 150 g/mol. The van der Waals surface area contributed by atoms with Crippen LogP contribution in [0.2, 0.25) is 0 Å². The lowest BCUT2D eigenvalue weighted by atomic mass is 10.2. The predicted octanol–water partition coefficient (Wildman–Crippen LogP) is 1.85. The van der Waals surface area contributed by atoms with Crippen molar-refractivity contribution >= 4 is 5.90 Å². The standard InChI is InChI=1S/C10H11NO/c1-8-7-12-10(11-8)9-5-3-2-4-6-9/h2-6,8H,7H2,1H3/t8-/m1/s1. The summed E-state index contributed by atoms with van der Waals surface area (Å²) in [6, 6.07) is 10.3. The molecule has 0 amide bonds. The summed E-state index contributed by atoms with van der Waals surface area (Å²) in [5, 5.41) is 0. The van der Waals surface area contributed by atoms with Crippen molar-refractivity contribution in [3.8, 4) is 0 Å². The van der Waals surface area contributed by atoms with Crippen LogP contribution in [0.3, 0.4) is 0 Å². The molecule has 0 aliphatic carbocycles. The van der Waals surface area contributed by atoms with Gasteiger partial charge in [0.05, 0.1) is 6.04 Å². The summed E-state index contributed by atoms with van der Waals surface area (Å²) in [5.74, 6) is 0.781. The molecule has 0 N–H and O–H groups in total. The van der Waals surface area contributed by atoms with E-state index < -0.39 is 0 Å². The monoisotopic (exact) mass is 161 g/mol. The third-order valence-electron chi connectivity index (χ3n) is 1.82. The normalized spacial score (nSPS) is 21.8. The average Bonchev–Trinajstić information content (AvgIpc) is 2.54. The van der Waals surface area contributed by atoms with Gasteiger partial charge in [0.2, 0.25) is 5.90 Å². The van der Waals surface area contributed by atoms with Crippen LogP contribution in [0.15, 0.2) is 35.3 Å². The summed E-state index contributed by atoms with van der Waals surface area (Å²) in [5.41, 5.74) is 1.07. The number of rotatable bonds is 1. The van der Waals surface area contributed by atoms with Gasteiger partial charge in [-0.2, -0.15) is 0 Å². The highest BCUT2D eigenvalue weighted by Crippen LogP contribution is 2.10. The topological polar surface area (TPSA) is 21.6 Å². The molecule has 62 valence electrons. The van der Waals surface area contributed by atoms with E-state index in [0.717, 1.165) is 11.5 Å². The fourth-order valence-electron chi connectivity index (χ4n) is 1.21. The first-order chi connectivity index (χ1) is 5.86. The first-order valence-corrected chi connectivity index (χ1v) is 4.12. The Hall–Kier alpha value is -1.31. The minimum absolute atomic E-state index is 0.306. The van der Waals surface area contributed by atoms with Gasteiger partial charge in [0.15, 0.2) is 0 Å². The average molecular weight is 161 g/mol. The van der Waals surface area contributed by atoms with Gasteiger partial charge in [-0.1, -0.05) is 18.2 Å². The Morgan fingerprint density at radius 3 is 2.67 bits per heavy atom. The van der Waals surface area contributed by atoms with Gasteiger partial charge >= 0.3 is 0 Å². The molecule has 0 fully saturated rings. The molecule has 12 heavy (non-hydrogen) atoms. The molecule has 1 atom stereocenters. The highest BCUT2D eigenvalue weighted by atomic mass is 16.5. The Bertz CT molecular complexity index is 292. The zero-order valence-electron chi connectivity index (χ0n) is 7.03. The molecule has 0 spiro atoms. The molecule has 1 aliphatic heterocycles. The van der Waals surface area contributed by atoms with Crippen LogP contribution in [-0.4, -0.2) is 18.5 Å². The van der Waals surface area contributed by atoms with E-state index in [4.69, 9.17) is 4.74 Å². The molecule has 0 aromatic heterocycles. The van der Waals surface area contributed by atoms with Crippen LogP contribution in [0, 0.1) is 0 Å². The smallest absolute Gasteiger partial charge is 0.216 e. The van der Waals surface area contributed by atoms with E-state index in [1.165, 1.54) is 0 Å². The maximum Gasteiger partial charge on any atom is 0.216 e. The second-order valence-electron chi connectivity index (χ2n) is 2.96. The summed E-state index contributed by atoms with van der Waals surface area (Å²) in [6.07, 6.45) is 0. The molecule has 0 saturated carbocycles. The highest BCUT2D eigenvalue weighted by Gasteiger charge is 2.14. The fourth-order valence-corrected chi connectivity index (χ4v) is 1.21. The molecule has 0 unspecified atom stereocenters.